The molecule has 0 spiro atoms. The van der Waals surface area contributed by atoms with Crippen LogP contribution in [0.15, 0.2) is 60.7 Å². The number of nitrogens with one attached hydrogen (secondary N) is 2. The lowest BCUT2D eigenvalue weighted by Gasteiger charge is -2.19. The van der Waals surface area contributed by atoms with E-state index in [2.05, 4.69) is 15.5 Å². The van der Waals surface area contributed by atoms with E-state index in [0.717, 1.165) is 36.0 Å². The molecule has 0 aliphatic carbocycles. The van der Waals surface area contributed by atoms with Crippen molar-refractivity contribution in [3.63, 3.8) is 0 Å². The summed E-state index contributed by atoms with van der Waals surface area (Å²) in [6.45, 7) is 3.63. The van der Waals surface area contributed by atoms with Crippen LogP contribution in [-0.2, 0) is 0 Å². The van der Waals surface area contributed by atoms with Gasteiger partial charge in [-0.15, -0.1) is 11.3 Å². The monoisotopic (exact) mass is 591 g/mol. The van der Waals surface area contributed by atoms with Crippen LogP contribution in [0.3, 0.4) is 0 Å². The summed E-state index contributed by atoms with van der Waals surface area (Å²) in [4.78, 5) is 28.5. The Bertz CT molecular complexity index is 1620. The van der Waals surface area contributed by atoms with Crippen molar-refractivity contribution in [2.75, 3.05) is 50.1 Å². The zero-order valence-electron chi connectivity index (χ0n) is 22.7. The predicted molar refractivity (Wildman–Crippen MR) is 159 cm³/mol. The number of hydrogen-bond acceptors (Lipinski definition) is 8. The fraction of sp³-hybridized carbons (Fsp3) is 0.290. The minimum absolute atomic E-state index is 0.0616. The summed E-state index contributed by atoms with van der Waals surface area (Å²) in [7, 11) is 0. The fourth-order valence-electron chi connectivity index (χ4n) is 4.99. The van der Waals surface area contributed by atoms with Crippen molar-refractivity contribution >= 4 is 44.6 Å². The Morgan fingerprint density at radius 2 is 1.76 bits per heavy atom. The Labute approximate surface area is 245 Å². The molecule has 9 nitrogen and oxygen atoms in total. The molecule has 3 aromatic carbocycles. The summed E-state index contributed by atoms with van der Waals surface area (Å²) < 4.78 is 32.3. The van der Waals surface area contributed by atoms with Gasteiger partial charge in [-0.1, -0.05) is 0 Å². The molecule has 2 amide bonds. The van der Waals surface area contributed by atoms with E-state index in [-0.39, 0.29) is 12.3 Å². The van der Waals surface area contributed by atoms with Gasteiger partial charge in [0.1, 0.15) is 37.5 Å². The number of carbonyl (C=O) groups excluding carboxylic acids is 2. The van der Waals surface area contributed by atoms with Crippen LogP contribution in [0.2, 0.25) is 0 Å². The third-order valence-electron chi connectivity index (χ3n) is 7.10. The molecule has 1 saturated heterocycles. The average Bonchev–Trinajstić information content (AvgIpc) is 3.67. The fourth-order valence-corrected chi connectivity index (χ4v) is 5.98. The van der Waals surface area contributed by atoms with Gasteiger partial charge in [-0.25, -0.2) is 4.39 Å². The van der Waals surface area contributed by atoms with Crippen LogP contribution in [0.1, 0.15) is 32.9 Å². The van der Waals surface area contributed by atoms with Crippen molar-refractivity contribution in [3.8, 4) is 17.2 Å². The number of amides is 2. The molecule has 3 heterocycles. The van der Waals surface area contributed by atoms with Crippen molar-refractivity contribution < 1.29 is 33.3 Å². The number of aliphatic hydroxyl groups is 1. The number of rotatable bonds is 9. The zero-order valence-corrected chi connectivity index (χ0v) is 23.5. The zero-order chi connectivity index (χ0) is 29.1. The molecule has 42 heavy (non-hydrogen) atoms. The van der Waals surface area contributed by atoms with Crippen molar-refractivity contribution in [2.45, 2.75) is 18.9 Å². The molecule has 2 aliphatic heterocycles. The van der Waals surface area contributed by atoms with E-state index in [9.17, 15) is 19.1 Å². The average molecular weight is 592 g/mol. The summed E-state index contributed by atoms with van der Waals surface area (Å²) in [6.07, 6.45) is 1.74. The minimum Gasteiger partial charge on any atom is -0.491 e. The highest BCUT2D eigenvalue weighted by atomic mass is 32.1. The molecular weight excluding hydrogens is 561 g/mol. The van der Waals surface area contributed by atoms with Crippen LogP contribution in [0, 0.1) is 5.82 Å². The Kier molecular flexibility index (Phi) is 8.22. The van der Waals surface area contributed by atoms with Crippen molar-refractivity contribution in [1.82, 2.24) is 4.90 Å². The molecule has 11 heteroatoms. The highest BCUT2D eigenvalue weighted by Crippen LogP contribution is 2.32. The number of halogens is 1. The summed E-state index contributed by atoms with van der Waals surface area (Å²) in [6, 6.07) is 16.0. The van der Waals surface area contributed by atoms with Gasteiger partial charge in [0.2, 0.25) is 0 Å². The molecule has 1 aromatic heterocycles. The molecule has 0 radical (unpaired) electrons. The standard InChI is InChI=1S/C31H30FN3O6S/c32-24-7-5-21(33-30(37)20-4-8-26-27(13-20)40-12-11-39-26)15-25(24)34-31(38)29-14-19-3-6-23(16-28(19)42-29)41-18-22(36)17-35-9-1-2-10-35/h3-8,13-16,22,36H,1-2,9-12,17-18H2,(H,33,37)(H,34,38)/t22-/m1/s1. The normalized spacial score (nSPS) is 15.4. The first-order valence-electron chi connectivity index (χ1n) is 13.8. The summed E-state index contributed by atoms with van der Waals surface area (Å²) >= 11 is 1.25. The molecular formula is C31H30FN3O6S. The van der Waals surface area contributed by atoms with Gasteiger partial charge >= 0.3 is 0 Å². The van der Waals surface area contributed by atoms with Crippen LogP contribution >= 0.6 is 11.3 Å². The third kappa shape index (κ3) is 6.48. The van der Waals surface area contributed by atoms with Crippen LogP contribution in [0.4, 0.5) is 15.8 Å². The molecule has 4 aromatic rings. The molecule has 3 N–H and O–H groups in total. The largest absolute Gasteiger partial charge is 0.491 e. The van der Waals surface area contributed by atoms with Crippen molar-refractivity contribution in [2.24, 2.45) is 0 Å². The van der Waals surface area contributed by atoms with E-state index in [4.69, 9.17) is 14.2 Å². The number of aliphatic hydroxyl groups excluding tert-OH is 1. The smallest absolute Gasteiger partial charge is 0.265 e. The van der Waals surface area contributed by atoms with E-state index < -0.39 is 23.7 Å². The first-order valence-corrected chi connectivity index (χ1v) is 14.6. The number of thiophene rings is 1. The molecule has 0 bridgehead atoms. The van der Waals surface area contributed by atoms with Crippen LogP contribution in [0.5, 0.6) is 17.2 Å². The number of likely N-dealkylation sites (tertiary alicyclic amines) is 1. The Morgan fingerprint density at radius 3 is 2.60 bits per heavy atom. The van der Waals surface area contributed by atoms with Crippen molar-refractivity contribution in [1.29, 1.82) is 0 Å². The van der Waals surface area contributed by atoms with Crippen LogP contribution in [0.25, 0.3) is 10.1 Å². The van der Waals surface area contributed by atoms with Gasteiger partial charge in [0.25, 0.3) is 11.8 Å². The van der Waals surface area contributed by atoms with Gasteiger partial charge in [0.15, 0.2) is 11.5 Å². The Morgan fingerprint density at radius 1 is 0.952 bits per heavy atom. The lowest BCUT2D eigenvalue weighted by Crippen LogP contribution is -2.33. The molecule has 0 unspecified atom stereocenters. The van der Waals surface area contributed by atoms with E-state index in [1.807, 2.05) is 12.1 Å². The number of ether oxygens (including phenoxy) is 3. The van der Waals surface area contributed by atoms with Gasteiger partial charge in [0.05, 0.1) is 10.6 Å². The predicted octanol–water partition coefficient (Wildman–Crippen LogP) is 5.15. The number of carbonyl (C=O) groups is 2. The quantitative estimate of drug-likeness (QED) is 0.247. The number of hydrogen-bond donors (Lipinski definition) is 3. The number of fused-ring (bicyclic) bond motifs is 2. The number of nitrogens with zero attached hydrogens (tertiary/aromatic N) is 1. The second kappa shape index (κ2) is 12.4. The van der Waals surface area contributed by atoms with E-state index >= 15 is 0 Å². The first kappa shape index (κ1) is 28.0. The summed E-state index contributed by atoms with van der Waals surface area (Å²) in [5.74, 6) is 0.129. The summed E-state index contributed by atoms with van der Waals surface area (Å²) in [5.41, 5.74) is 0.606. The van der Waals surface area contributed by atoms with E-state index in [0.29, 0.717) is 53.1 Å². The molecule has 2 aliphatic rings. The second-order valence-corrected chi connectivity index (χ2v) is 11.3. The maximum Gasteiger partial charge on any atom is 0.265 e. The number of benzene rings is 3. The Hall–Kier alpha value is -4.19. The first-order chi connectivity index (χ1) is 20.4. The maximum atomic E-state index is 14.6. The van der Waals surface area contributed by atoms with Crippen LogP contribution in [-0.4, -0.2) is 67.4 Å². The molecule has 0 saturated carbocycles. The summed E-state index contributed by atoms with van der Waals surface area (Å²) in [5, 5.41) is 16.5. The molecule has 1 atom stereocenters. The highest BCUT2D eigenvalue weighted by molar-refractivity contribution is 7.20. The Balaban J connectivity index is 1.09. The lowest BCUT2D eigenvalue weighted by molar-refractivity contribution is 0.0759. The van der Waals surface area contributed by atoms with Gasteiger partial charge in [-0.2, -0.15) is 0 Å². The third-order valence-corrected chi connectivity index (χ3v) is 8.20. The SMILES string of the molecule is O=C(Nc1ccc(F)c(NC(=O)c2cc3ccc(OC[C@H](O)CN4CCCC4)cc3s2)c1)c1ccc2c(c1)OCCO2. The molecule has 218 valence electrons. The number of β-amino-alcohol motifs (C(OH)–C–C–N with tert-alkyl or cyclic N) is 1. The minimum atomic E-state index is -0.634. The van der Waals surface area contributed by atoms with Crippen molar-refractivity contribution in [3.05, 3.63) is 76.9 Å². The maximum absolute atomic E-state index is 14.6. The van der Waals surface area contributed by atoms with Gasteiger partial charge in [-0.05, 0) is 92.0 Å². The van der Waals surface area contributed by atoms with Gasteiger partial charge < -0.3 is 34.9 Å². The molecule has 6 rings (SSSR count). The van der Waals surface area contributed by atoms with E-state index in [1.54, 1.807) is 30.3 Å². The molecule has 1 fully saturated rings. The van der Waals surface area contributed by atoms with E-state index in [1.165, 1.54) is 29.5 Å². The van der Waals surface area contributed by atoms with Gasteiger partial charge in [0, 0.05) is 22.5 Å². The topological polar surface area (TPSA) is 109 Å². The lowest BCUT2D eigenvalue weighted by atomic mass is 10.1. The van der Waals surface area contributed by atoms with Gasteiger partial charge in [-0.3, -0.25) is 9.59 Å². The number of anilines is 2. The second-order valence-electron chi connectivity index (χ2n) is 10.2. The highest BCUT2D eigenvalue weighted by Gasteiger charge is 2.19. The van der Waals surface area contributed by atoms with Crippen LogP contribution < -0.4 is 24.8 Å².